The molecule has 0 aliphatic carbocycles. The van der Waals surface area contributed by atoms with E-state index in [2.05, 4.69) is 20.6 Å². The second-order valence-corrected chi connectivity index (χ2v) is 5.22. The van der Waals surface area contributed by atoms with E-state index in [0.29, 0.717) is 33.1 Å². The third-order valence-corrected chi connectivity index (χ3v) is 3.60. The van der Waals surface area contributed by atoms with Crippen LogP contribution in [0.2, 0.25) is 5.02 Å². The van der Waals surface area contributed by atoms with E-state index in [9.17, 15) is 4.79 Å². The van der Waals surface area contributed by atoms with Crippen LogP contribution in [0.15, 0.2) is 18.3 Å². The number of hydrogen-bond acceptors (Lipinski definition) is 5. The number of thiazole rings is 1. The molecular formula is C12H13ClN4OS. The van der Waals surface area contributed by atoms with E-state index in [-0.39, 0.29) is 5.91 Å². The molecule has 2 aromatic heterocycles. The average Bonchev–Trinajstić information content (AvgIpc) is 2.74. The standard InChI is InChI=1S/C12H13ClN4OS/c1-3-14-11(18)10-7(2)16-12(19-10)17-9-5-4-8(13)6-15-9/h4-6H,3H2,1-2H3,(H,14,18)(H,15,16,17). The lowest BCUT2D eigenvalue weighted by molar-refractivity contribution is 0.0959. The van der Waals surface area contributed by atoms with Gasteiger partial charge in [-0.05, 0) is 26.0 Å². The molecule has 0 aliphatic rings. The third kappa shape index (κ3) is 3.42. The number of pyridine rings is 1. The smallest absolute Gasteiger partial charge is 0.263 e. The molecule has 19 heavy (non-hydrogen) atoms. The Morgan fingerprint density at radius 2 is 2.26 bits per heavy atom. The largest absolute Gasteiger partial charge is 0.352 e. The van der Waals surface area contributed by atoms with Gasteiger partial charge in [0.2, 0.25) is 0 Å². The molecule has 7 heteroatoms. The summed E-state index contributed by atoms with van der Waals surface area (Å²) in [6.07, 6.45) is 1.55. The normalized spacial score (nSPS) is 10.3. The summed E-state index contributed by atoms with van der Waals surface area (Å²) in [6, 6.07) is 3.49. The number of halogens is 1. The number of hydrogen-bond donors (Lipinski definition) is 2. The summed E-state index contributed by atoms with van der Waals surface area (Å²) in [5.74, 6) is 0.537. The van der Waals surface area contributed by atoms with Gasteiger partial charge in [0.15, 0.2) is 5.13 Å². The highest BCUT2D eigenvalue weighted by molar-refractivity contribution is 7.17. The number of nitrogens with zero attached hydrogens (tertiary/aromatic N) is 2. The lowest BCUT2D eigenvalue weighted by Crippen LogP contribution is -2.22. The molecule has 5 nitrogen and oxygen atoms in total. The van der Waals surface area contributed by atoms with Crippen LogP contribution in [-0.4, -0.2) is 22.4 Å². The molecule has 0 saturated heterocycles. The Bertz CT molecular complexity index is 582. The first-order valence-electron chi connectivity index (χ1n) is 5.74. The van der Waals surface area contributed by atoms with E-state index < -0.39 is 0 Å². The summed E-state index contributed by atoms with van der Waals surface area (Å²) >= 11 is 7.06. The van der Waals surface area contributed by atoms with E-state index in [4.69, 9.17) is 11.6 Å². The van der Waals surface area contributed by atoms with E-state index >= 15 is 0 Å². The highest BCUT2D eigenvalue weighted by atomic mass is 35.5. The van der Waals surface area contributed by atoms with Crippen LogP contribution in [0, 0.1) is 6.92 Å². The Hall–Kier alpha value is -1.66. The molecule has 0 atom stereocenters. The highest BCUT2D eigenvalue weighted by Crippen LogP contribution is 2.25. The fraction of sp³-hybridized carbons (Fsp3) is 0.250. The van der Waals surface area contributed by atoms with Gasteiger partial charge >= 0.3 is 0 Å². The van der Waals surface area contributed by atoms with Gasteiger partial charge in [-0.15, -0.1) is 0 Å². The first-order chi connectivity index (χ1) is 9.10. The van der Waals surface area contributed by atoms with Gasteiger partial charge in [0, 0.05) is 12.7 Å². The molecule has 0 fully saturated rings. The quantitative estimate of drug-likeness (QED) is 0.910. The summed E-state index contributed by atoms with van der Waals surface area (Å²) in [5, 5.41) is 7.01. The second-order valence-electron chi connectivity index (χ2n) is 3.78. The van der Waals surface area contributed by atoms with Crippen molar-refractivity contribution in [1.82, 2.24) is 15.3 Å². The van der Waals surface area contributed by atoms with Crippen LogP contribution in [-0.2, 0) is 0 Å². The number of anilines is 2. The minimum absolute atomic E-state index is 0.102. The number of carbonyl (C=O) groups excluding carboxylic acids is 1. The minimum Gasteiger partial charge on any atom is -0.352 e. The average molecular weight is 297 g/mol. The number of carbonyl (C=O) groups is 1. The Kier molecular flexibility index (Phi) is 4.34. The molecule has 2 N–H and O–H groups in total. The molecule has 100 valence electrons. The zero-order valence-corrected chi connectivity index (χ0v) is 12.1. The Morgan fingerprint density at radius 3 is 2.89 bits per heavy atom. The zero-order valence-electron chi connectivity index (χ0n) is 10.5. The Morgan fingerprint density at radius 1 is 1.47 bits per heavy atom. The van der Waals surface area contributed by atoms with Crippen LogP contribution in [0.1, 0.15) is 22.3 Å². The lowest BCUT2D eigenvalue weighted by Gasteiger charge is -2.00. The molecule has 0 bridgehead atoms. The highest BCUT2D eigenvalue weighted by Gasteiger charge is 2.14. The van der Waals surface area contributed by atoms with E-state index in [1.807, 2.05) is 13.8 Å². The van der Waals surface area contributed by atoms with Crippen LogP contribution >= 0.6 is 22.9 Å². The maximum Gasteiger partial charge on any atom is 0.263 e. The number of nitrogens with one attached hydrogen (secondary N) is 2. The van der Waals surface area contributed by atoms with Crippen molar-refractivity contribution >= 4 is 39.8 Å². The van der Waals surface area contributed by atoms with Crippen LogP contribution in [0.3, 0.4) is 0 Å². The molecule has 0 aliphatic heterocycles. The van der Waals surface area contributed by atoms with Crippen molar-refractivity contribution in [1.29, 1.82) is 0 Å². The SMILES string of the molecule is CCNC(=O)c1sc(Nc2ccc(Cl)cn2)nc1C. The first-order valence-corrected chi connectivity index (χ1v) is 6.93. The van der Waals surface area contributed by atoms with Gasteiger partial charge in [0.25, 0.3) is 5.91 Å². The molecule has 2 aromatic rings. The molecule has 0 aromatic carbocycles. The van der Waals surface area contributed by atoms with Crippen molar-refractivity contribution in [2.75, 3.05) is 11.9 Å². The van der Waals surface area contributed by atoms with Crippen molar-refractivity contribution in [2.24, 2.45) is 0 Å². The lowest BCUT2D eigenvalue weighted by atomic mass is 10.4. The maximum absolute atomic E-state index is 11.8. The topological polar surface area (TPSA) is 66.9 Å². The van der Waals surface area contributed by atoms with Gasteiger partial charge in [-0.3, -0.25) is 4.79 Å². The first kappa shape index (κ1) is 13.8. The summed E-state index contributed by atoms with van der Waals surface area (Å²) < 4.78 is 0. The van der Waals surface area contributed by atoms with Gasteiger partial charge in [-0.25, -0.2) is 9.97 Å². The van der Waals surface area contributed by atoms with E-state index in [0.717, 1.165) is 0 Å². The fourth-order valence-corrected chi connectivity index (χ4v) is 2.46. The van der Waals surface area contributed by atoms with Crippen LogP contribution in [0.4, 0.5) is 10.9 Å². The van der Waals surface area contributed by atoms with Crippen molar-refractivity contribution in [3.05, 3.63) is 33.9 Å². The Labute approximate surface area is 120 Å². The van der Waals surface area contributed by atoms with Crippen molar-refractivity contribution in [3.63, 3.8) is 0 Å². The van der Waals surface area contributed by atoms with Gasteiger partial charge in [0.05, 0.1) is 10.7 Å². The maximum atomic E-state index is 11.8. The van der Waals surface area contributed by atoms with E-state index in [1.54, 1.807) is 18.3 Å². The molecule has 0 radical (unpaired) electrons. The van der Waals surface area contributed by atoms with Gasteiger partial charge in [-0.2, -0.15) is 0 Å². The zero-order chi connectivity index (χ0) is 13.8. The predicted octanol–water partition coefficient (Wildman–Crippen LogP) is 2.99. The number of amides is 1. The number of aryl methyl sites for hydroxylation is 1. The predicted molar refractivity (Wildman–Crippen MR) is 77.4 cm³/mol. The summed E-state index contributed by atoms with van der Waals surface area (Å²) in [6.45, 7) is 4.28. The van der Waals surface area contributed by atoms with Crippen molar-refractivity contribution in [3.8, 4) is 0 Å². The molecular weight excluding hydrogens is 284 g/mol. The molecule has 2 heterocycles. The summed E-state index contributed by atoms with van der Waals surface area (Å²) in [7, 11) is 0. The summed E-state index contributed by atoms with van der Waals surface area (Å²) in [4.78, 5) is 20.8. The third-order valence-electron chi connectivity index (χ3n) is 2.30. The van der Waals surface area contributed by atoms with Crippen LogP contribution in [0.5, 0.6) is 0 Å². The van der Waals surface area contributed by atoms with Crippen LogP contribution in [0.25, 0.3) is 0 Å². The number of rotatable bonds is 4. The minimum atomic E-state index is -0.102. The molecule has 2 rings (SSSR count). The van der Waals surface area contributed by atoms with E-state index in [1.165, 1.54) is 11.3 Å². The molecule has 0 spiro atoms. The Balaban J connectivity index is 2.16. The second kappa shape index (κ2) is 5.99. The summed E-state index contributed by atoms with van der Waals surface area (Å²) in [5.41, 5.74) is 0.701. The fourth-order valence-electron chi connectivity index (χ4n) is 1.46. The monoisotopic (exact) mass is 296 g/mol. The van der Waals surface area contributed by atoms with Gasteiger partial charge in [-0.1, -0.05) is 22.9 Å². The van der Waals surface area contributed by atoms with Crippen molar-refractivity contribution in [2.45, 2.75) is 13.8 Å². The molecule has 0 unspecified atom stereocenters. The van der Waals surface area contributed by atoms with Crippen molar-refractivity contribution < 1.29 is 4.79 Å². The molecule has 0 saturated carbocycles. The van der Waals surface area contributed by atoms with Gasteiger partial charge < -0.3 is 10.6 Å². The number of aromatic nitrogens is 2. The van der Waals surface area contributed by atoms with Crippen LogP contribution < -0.4 is 10.6 Å². The molecule has 1 amide bonds. The van der Waals surface area contributed by atoms with Gasteiger partial charge in [0.1, 0.15) is 10.7 Å².